The van der Waals surface area contributed by atoms with Crippen molar-refractivity contribution in [2.24, 2.45) is 5.73 Å². The van der Waals surface area contributed by atoms with Crippen molar-refractivity contribution in [1.82, 2.24) is 4.98 Å². The number of hydrogen-bond acceptors (Lipinski definition) is 5. The number of nitrogens with one attached hydrogen (secondary N) is 1. The molecular weight excluding hydrogens is 324 g/mol. The van der Waals surface area contributed by atoms with E-state index in [1.165, 1.54) is 12.6 Å². The Bertz CT molecular complexity index is 515. The van der Waals surface area contributed by atoms with Gasteiger partial charge in [-0.25, -0.2) is 4.98 Å². The number of nitrogens with zero attached hydrogens (tertiary/aromatic N) is 2. The molecule has 0 bridgehead atoms. The fraction of sp³-hybridized carbons (Fsp3) is 0.615. The Hall–Kier alpha value is -1.21. The van der Waals surface area contributed by atoms with Gasteiger partial charge in [-0.2, -0.15) is 0 Å². The van der Waals surface area contributed by atoms with Crippen LogP contribution >= 0.6 is 15.9 Å². The van der Waals surface area contributed by atoms with Gasteiger partial charge < -0.3 is 11.1 Å². The number of nitrogens with two attached hydrogens (primary N) is 1. The summed E-state index contributed by atoms with van der Waals surface area (Å²) in [4.78, 5) is 14.5. The molecule has 7 heteroatoms. The van der Waals surface area contributed by atoms with Crippen LogP contribution in [0.2, 0.25) is 0 Å². The topological polar surface area (TPSA) is 94.1 Å². The van der Waals surface area contributed by atoms with Crippen LogP contribution in [0.1, 0.15) is 37.7 Å². The summed E-state index contributed by atoms with van der Waals surface area (Å²) in [5, 5.41) is 14.1. The van der Waals surface area contributed by atoms with Gasteiger partial charge in [0.15, 0.2) is 0 Å². The van der Waals surface area contributed by atoms with Gasteiger partial charge in [-0.1, -0.05) is 19.3 Å². The summed E-state index contributed by atoms with van der Waals surface area (Å²) in [6.07, 6.45) is 6.86. The molecule has 3 N–H and O–H groups in total. The molecule has 0 amide bonds. The third kappa shape index (κ3) is 3.27. The highest BCUT2D eigenvalue weighted by Gasteiger charge is 2.27. The van der Waals surface area contributed by atoms with Crippen LogP contribution in [0.15, 0.2) is 10.7 Å². The molecule has 1 heterocycles. The van der Waals surface area contributed by atoms with Crippen molar-refractivity contribution in [3.63, 3.8) is 0 Å². The van der Waals surface area contributed by atoms with E-state index in [9.17, 15) is 10.1 Å². The van der Waals surface area contributed by atoms with E-state index in [0.717, 1.165) is 25.7 Å². The maximum atomic E-state index is 10.8. The van der Waals surface area contributed by atoms with Gasteiger partial charge in [0.2, 0.25) is 0 Å². The zero-order valence-corrected chi connectivity index (χ0v) is 13.1. The van der Waals surface area contributed by atoms with Crippen molar-refractivity contribution in [2.45, 2.75) is 44.6 Å². The molecule has 6 nitrogen and oxygen atoms in total. The molecule has 1 aliphatic rings. The molecule has 0 spiro atoms. The zero-order chi connectivity index (χ0) is 14.8. The fourth-order valence-corrected chi connectivity index (χ4v) is 3.01. The molecule has 1 fully saturated rings. The number of halogens is 1. The first-order chi connectivity index (χ1) is 9.43. The van der Waals surface area contributed by atoms with E-state index in [-0.39, 0.29) is 11.2 Å². The molecular formula is C13H19BrN4O2. The molecule has 0 radical (unpaired) electrons. The van der Waals surface area contributed by atoms with Gasteiger partial charge in [0, 0.05) is 17.6 Å². The minimum Gasteiger partial charge on any atom is -0.367 e. The van der Waals surface area contributed by atoms with Crippen molar-refractivity contribution >= 4 is 27.4 Å². The average Bonchev–Trinajstić information content (AvgIpc) is 2.41. The average molecular weight is 343 g/mol. The third-order valence-electron chi connectivity index (χ3n) is 3.89. The number of aromatic nitrogens is 1. The third-order valence-corrected chi connectivity index (χ3v) is 4.86. The SMILES string of the molecule is Cc1c([N+](=O)[O-])cnc(NCC2(N)CCCCC2)c1Br. The normalized spacial score (nSPS) is 17.8. The second-order valence-electron chi connectivity index (χ2n) is 5.46. The first-order valence-corrected chi connectivity index (χ1v) is 7.54. The van der Waals surface area contributed by atoms with Crippen LogP contribution in [0, 0.1) is 17.0 Å². The summed E-state index contributed by atoms with van der Waals surface area (Å²) in [6, 6.07) is 0. The Morgan fingerprint density at radius 2 is 2.15 bits per heavy atom. The molecule has 0 atom stereocenters. The first kappa shape index (κ1) is 15.2. The Labute approximate surface area is 126 Å². The van der Waals surface area contributed by atoms with E-state index in [4.69, 9.17) is 5.73 Å². The molecule has 0 aliphatic heterocycles. The molecule has 0 unspecified atom stereocenters. The molecule has 110 valence electrons. The summed E-state index contributed by atoms with van der Waals surface area (Å²) in [5.41, 5.74) is 6.75. The Kier molecular flexibility index (Phi) is 4.59. The minimum atomic E-state index is -0.428. The van der Waals surface area contributed by atoms with E-state index in [1.807, 2.05) is 0 Å². The highest BCUT2D eigenvalue weighted by atomic mass is 79.9. The van der Waals surface area contributed by atoms with Crippen LogP contribution in [0.25, 0.3) is 0 Å². The maximum absolute atomic E-state index is 10.8. The van der Waals surface area contributed by atoms with E-state index in [1.54, 1.807) is 6.92 Å². The largest absolute Gasteiger partial charge is 0.367 e. The Morgan fingerprint density at radius 3 is 2.75 bits per heavy atom. The smallest absolute Gasteiger partial charge is 0.291 e. The lowest BCUT2D eigenvalue weighted by Crippen LogP contribution is -2.47. The molecule has 1 aliphatic carbocycles. The predicted octanol–water partition coefficient (Wildman–Crippen LogP) is 3.13. The van der Waals surface area contributed by atoms with Crippen molar-refractivity contribution in [1.29, 1.82) is 0 Å². The summed E-state index contributed by atoms with van der Waals surface area (Å²) in [7, 11) is 0. The van der Waals surface area contributed by atoms with Gasteiger partial charge >= 0.3 is 0 Å². The molecule has 1 aromatic heterocycles. The van der Waals surface area contributed by atoms with E-state index in [2.05, 4.69) is 26.2 Å². The van der Waals surface area contributed by atoms with Crippen LogP contribution in [-0.4, -0.2) is 22.0 Å². The molecule has 2 rings (SSSR count). The van der Waals surface area contributed by atoms with Crippen molar-refractivity contribution in [2.75, 3.05) is 11.9 Å². The lowest BCUT2D eigenvalue weighted by Gasteiger charge is -2.33. The summed E-state index contributed by atoms with van der Waals surface area (Å²) in [5.74, 6) is 0.614. The van der Waals surface area contributed by atoms with Crippen LogP contribution in [0.3, 0.4) is 0 Å². The second-order valence-corrected chi connectivity index (χ2v) is 6.26. The van der Waals surface area contributed by atoms with Gasteiger partial charge in [-0.3, -0.25) is 10.1 Å². The monoisotopic (exact) mass is 342 g/mol. The highest BCUT2D eigenvalue weighted by Crippen LogP contribution is 2.32. The van der Waals surface area contributed by atoms with Gasteiger partial charge in [0.05, 0.1) is 9.40 Å². The predicted molar refractivity (Wildman–Crippen MR) is 81.8 cm³/mol. The lowest BCUT2D eigenvalue weighted by atomic mass is 9.82. The molecule has 0 aromatic carbocycles. The van der Waals surface area contributed by atoms with Crippen LogP contribution in [-0.2, 0) is 0 Å². The van der Waals surface area contributed by atoms with E-state index in [0.29, 0.717) is 22.4 Å². The van der Waals surface area contributed by atoms with Crippen molar-refractivity contribution in [3.8, 4) is 0 Å². The number of pyridine rings is 1. The van der Waals surface area contributed by atoms with Crippen LogP contribution < -0.4 is 11.1 Å². The summed E-state index contributed by atoms with van der Waals surface area (Å²) in [6.45, 7) is 2.34. The van der Waals surface area contributed by atoms with Gasteiger partial charge in [0.25, 0.3) is 5.69 Å². The highest BCUT2D eigenvalue weighted by molar-refractivity contribution is 9.10. The summed E-state index contributed by atoms with van der Waals surface area (Å²) < 4.78 is 0.631. The number of hydrogen-bond donors (Lipinski definition) is 2. The molecule has 20 heavy (non-hydrogen) atoms. The number of anilines is 1. The molecule has 0 saturated heterocycles. The van der Waals surface area contributed by atoms with Gasteiger partial charge in [0.1, 0.15) is 12.0 Å². The minimum absolute atomic E-state index is 0.0163. The van der Waals surface area contributed by atoms with Crippen molar-refractivity contribution < 1.29 is 4.92 Å². The van der Waals surface area contributed by atoms with Crippen LogP contribution in [0.5, 0.6) is 0 Å². The van der Waals surface area contributed by atoms with E-state index >= 15 is 0 Å². The quantitative estimate of drug-likeness (QED) is 0.647. The number of rotatable bonds is 4. The van der Waals surface area contributed by atoms with Gasteiger partial charge in [-0.05, 0) is 35.7 Å². The fourth-order valence-electron chi connectivity index (χ4n) is 2.57. The van der Waals surface area contributed by atoms with Crippen molar-refractivity contribution in [3.05, 3.63) is 26.3 Å². The summed E-state index contributed by atoms with van der Waals surface area (Å²) >= 11 is 3.37. The molecule has 1 saturated carbocycles. The first-order valence-electron chi connectivity index (χ1n) is 6.75. The number of nitro groups is 1. The second kappa shape index (κ2) is 6.05. The maximum Gasteiger partial charge on any atom is 0.291 e. The zero-order valence-electron chi connectivity index (χ0n) is 11.5. The Balaban J connectivity index is 2.10. The van der Waals surface area contributed by atoms with Crippen LogP contribution in [0.4, 0.5) is 11.5 Å². The lowest BCUT2D eigenvalue weighted by molar-refractivity contribution is -0.385. The Morgan fingerprint density at radius 1 is 1.50 bits per heavy atom. The van der Waals surface area contributed by atoms with Gasteiger partial charge in [-0.15, -0.1) is 0 Å². The van der Waals surface area contributed by atoms with E-state index < -0.39 is 4.92 Å². The molecule has 1 aromatic rings. The standard InChI is InChI=1S/C13H19BrN4O2/c1-9-10(18(19)20)7-16-12(11(9)14)17-8-13(15)5-3-2-4-6-13/h7H,2-6,8,15H2,1H3,(H,16,17).